The fourth-order valence-electron chi connectivity index (χ4n) is 2.01. The molecule has 0 fully saturated rings. The van der Waals surface area contributed by atoms with Gasteiger partial charge >= 0.3 is 0 Å². The first-order valence-corrected chi connectivity index (χ1v) is 6.93. The maximum atomic E-state index is 12.4. The van der Waals surface area contributed by atoms with Gasteiger partial charge in [0.2, 0.25) is 0 Å². The van der Waals surface area contributed by atoms with Gasteiger partial charge in [-0.2, -0.15) is 0 Å². The molecule has 0 N–H and O–H groups in total. The van der Waals surface area contributed by atoms with Gasteiger partial charge in [-0.25, -0.2) is 0 Å². The Morgan fingerprint density at radius 3 is 2.94 bits per heavy atom. The van der Waals surface area contributed by atoms with Crippen LogP contribution in [0, 0.1) is 0 Å². The number of Topliss-reactive ketones (excluding diaryl/α,β-unsaturated/α-hetero) is 1. The van der Waals surface area contributed by atoms with E-state index < -0.39 is 0 Å². The molecule has 0 saturated carbocycles. The first-order valence-electron chi connectivity index (χ1n) is 5.26. The Balaban J connectivity index is 1.98. The highest BCUT2D eigenvalue weighted by Gasteiger charge is 2.32. The van der Waals surface area contributed by atoms with Crippen molar-refractivity contribution in [1.82, 2.24) is 0 Å². The Hall–Kier alpha value is -1.13. The molecule has 2 nitrogen and oxygen atoms in total. The summed E-state index contributed by atoms with van der Waals surface area (Å²) in [5.41, 5.74) is 0.998. The number of ketones is 1. The van der Waals surface area contributed by atoms with Crippen molar-refractivity contribution >= 4 is 33.0 Å². The molecule has 17 heavy (non-hydrogen) atoms. The SMILES string of the molecule is O=C(c1sccc1Br)C1COc2ccccc21. The van der Waals surface area contributed by atoms with E-state index in [1.54, 1.807) is 0 Å². The van der Waals surface area contributed by atoms with Crippen LogP contribution in [-0.2, 0) is 0 Å². The number of benzene rings is 1. The van der Waals surface area contributed by atoms with Crippen molar-refractivity contribution < 1.29 is 9.53 Å². The van der Waals surface area contributed by atoms with Crippen LogP contribution in [0.1, 0.15) is 21.2 Å². The van der Waals surface area contributed by atoms with Crippen LogP contribution in [0.2, 0.25) is 0 Å². The number of hydrogen-bond donors (Lipinski definition) is 0. The Morgan fingerprint density at radius 2 is 2.18 bits per heavy atom. The van der Waals surface area contributed by atoms with E-state index in [1.165, 1.54) is 11.3 Å². The smallest absolute Gasteiger partial charge is 0.184 e. The summed E-state index contributed by atoms with van der Waals surface area (Å²) < 4.78 is 6.41. The van der Waals surface area contributed by atoms with Gasteiger partial charge in [-0.05, 0) is 33.4 Å². The first kappa shape index (κ1) is 11.0. The van der Waals surface area contributed by atoms with Crippen molar-refractivity contribution in [3.8, 4) is 5.75 Å². The van der Waals surface area contributed by atoms with Gasteiger partial charge < -0.3 is 4.74 Å². The normalized spacial score (nSPS) is 17.6. The molecule has 2 aromatic rings. The predicted octanol–water partition coefficient (Wildman–Crippen LogP) is 3.87. The summed E-state index contributed by atoms with van der Waals surface area (Å²) in [6, 6.07) is 9.64. The van der Waals surface area contributed by atoms with Gasteiger partial charge in [-0.3, -0.25) is 4.79 Å². The summed E-state index contributed by atoms with van der Waals surface area (Å²) in [4.78, 5) is 13.2. The molecule has 2 heterocycles. The molecule has 0 amide bonds. The van der Waals surface area contributed by atoms with Gasteiger partial charge in [0.25, 0.3) is 0 Å². The van der Waals surface area contributed by atoms with E-state index in [4.69, 9.17) is 4.74 Å². The number of rotatable bonds is 2. The average Bonchev–Trinajstić information content (AvgIpc) is 2.94. The fourth-order valence-corrected chi connectivity index (χ4v) is 3.57. The Labute approximate surface area is 111 Å². The zero-order valence-corrected chi connectivity index (χ0v) is 11.3. The molecule has 1 aliphatic rings. The topological polar surface area (TPSA) is 26.3 Å². The second-order valence-electron chi connectivity index (χ2n) is 3.86. The lowest BCUT2D eigenvalue weighted by atomic mass is 9.96. The summed E-state index contributed by atoms with van der Waals surface area (Å²) in [6.07, 6.45) is 0. The van der Waals surface area contributed by atoms with Crippen molar-refractivity contribution in [2.24, 2.45) is 0 Å². The molecule has 0 bridgehead atoms. The summed E-state index contributed by atoms with van der Waals surface area (Å²) in [5, 5.41) is 1.92. The molecule has 86 valence electrons. The van der Waals surface area contributed by atoms with Crippen LogP contribution < -0.4 is 4.74 Å². The molecule has 1 aromatic carbocycles. The van der Waals surface area contributed by atoms with Gasteiger partial charge in [-0.15, -0.1) is 11.3 Å². The molecular weight excluding hydrogens is 300 g/mol. The molecule has 0 saturated heterocycles. The molecular formula is C13H9BrO2S. The zero-order chi connectivity index (χ0) is 11.8. The van der Waals surface area contributed by atoms with E-state index in [2.05, 4.69) is 15.9 Å². The van der Waals surface area contributed by atoms with Crippen LogP contribution in [0.3, 0.4) is 0 Å². The van der Waals surface area contributed by atoms with E-state index >= 15 is 0 Å². The highest BCUT2D eigenvalue weighted by Crippen LogP contribution is 2.37. The third-order valence-corrected chi connectivity index (χ3v) is 4.71. The molecule has 1 atom stereocenters. The predicted molar refractivity (Wildman–Crippen MR) is 71.0 cm³/mol. The quantitative estimate of drug-likeness (QED) is 0.787. The lowest BCUT2D eigenvalue weighted by molar-refractivity contribution is 0.0951. The molecule has 0 spiro atoms. The minimum atomic E-state index is -0.166. The maximum absolute atomic E-state index is 12.4. The van der Waals surface area contributed by atoms with Gasteiger partial charge in [0.1, 0.15) is 12.4 Å². The van der Waals surface area contributed by atoms with Crippen LogP contribution >= 0.6 is 27.3 Å². The van der Waals surface area contributed by atoms with Crippen LogP contribution in [0.15, 0.2) is 40.2 Å². The number of para-hydroxylation sites is 1. The van der Waals surface area contributed by atoms with Crippen molar-refractivity contribution in [1.29, 1.82) is 0 Å². The van der Waals surface area contributed by atoms with Crippen LogP contribution in [0.25, 0.3) is 0 Å². The molecule has 0 radical (unpaired) electrons. The van der Waals surface area contributed by atoms with Crippen molar-refractivity contribution in [2.45, 2.75) is 5.92 Å². The van der Waals surface area contributed by atoms with Crippen molar-refractivity contribution in [3.63, 3.8) is 0 Å². The molecule has 1 unspecified atom stereocenters. The molecule has 4 heteroatoms. The molecule has 1 aromatic heterocycles. The number of ether oxygens (including phenoxy) is 1. The third-order valence-electron chi connectivity index (χ3n) is 2.86. The summed E-state index contributed by atoms with van der Waals surface area (Å²) in [7, 11) is 0. The van der Waals surface area contributed by atoms with Crippen LogP contribution in [-0.4, -0.2) is 12.4 Å². The maximum Gasteiger partial charge on any atom is 0.184 e. The number of hydrogen-bond acceptors (Lipinski definition) is 3. The number of halogens is 1. The van der Waals surface area contributed by atoms with E-state index in [0.29, 0.717) is 6.61 Å². The molecule has 3 rings (SSSR count). The van der Waals surface area contributed by atoms with Crippen molar-refractivity contribution in [2.75, 3.05) is 6.61 Å². The Morgan fingerprint density at radius 1 is 1.35 bits per heavy atom. The largest absolute Gasteiger partial charge is 0.492 e. The van der Waals surface area contributed by atoms with Gasteiger partial charge in [0.05, 0.1) is 10.8 Å². The highest BCUT2D eigenvalue weighted by molar-refractivity contribution is 9.10. The first-order chi connectivity index (χ1) is 8.27. The van der Waals surface area contributed by atoms with Crippen LogP contribution in [0.4, 0.5) is 0 Å². The minimum absolute atomic E-state index is 0.136. The number of thiophene rings is 1. The summed E-state index contributed by atoms with van der Waals surface area (Å²) in [6.45, 7) is 0.447. The Kier molecular flexibility index (Phi) is 2.76. The molecule has 1 aliphatic heterocycles. The van der Waals surface area contributed by atoms with E-state index in [-0.39, 0.29) is 11.7 Å². The number of carbonyl (C=O) groups excluding carboxylic acids is 1. The van der Waals surface area contributed by atoms with E-state index in [1.807, 2.05) is 35.7 Å². The lowest BCUT2D eigenvalue weighted by Gasteiger charge is -2.06. The van der Waals surface area contributed by atoms with Gasteiger partial charge in [-0.1, -0.05) is 18.2 Å². The highest BCUT2D eigenvalue weighted by atomic mass is 79.9. The lowest BCUT2D eigenvalue weighted by Crippen LogP contribution is -2.13. The summed E-state index contributed by atoms with van der Waals surface area (Å²) in [5.74, 6) is 0.802. The Bertz CT molecular complexity index is 576. The van der Waals surface area contributed by atoms with Crippen molar-refractivity contribution in [3.05, 3.63) is 50.6 Å². The van der Waals surface area contributed by atoms with E-state index in [0.717, 1.165) is 20.7 Å². The van der Waals surface area contributed by atoms with Gasteiger partial charge in [0, 0.05) is 10.0 Å². The third kappa shape index (κ3) is 1.81. The summed E-state index contributed by atoms with van der Waals surface area (Å²) >= 11 is 4.87. The number of fused-ring (bicyclic) bond motifs is 1. The zero-order valence-electron chi connectivity index (χ0n) is 8.85. The minimum Gasteiger partial charge on any atom is -0.492 e. The van der Waals surface area contributed by atoms with Crippen LogP contribution in [0.5, 0.6) is 5.75 Å². The average molecular weight is 309 g/mol. The fraction of sp³-hybridized carbons (Fsp3) is 0.154. The second kappa shape index (κ2) is 4.27. The van der Waals surface area contributed by atoms with E-state index in [9.17, 15) is 4.79 Å². The monoisotopic (exact) mass is 308 g/mol. The van der Waals surface area contributed by atoms with Gasteiger partial charge in [0.15, 0.2) is 5.78 Å². The number of carbonyl (C=O) groups is 1. The molecule has 0 aliphatic carbocycles. The standard InChI is InChI=1S/C13H9BrO2S/c14-10-5-6-17-13(10)12(15)9-7-16-11-4-2-1-3-8(9)11/h1-6,9H,7H2. The second-order valence-corrected chi connectivity index (χ2v) is 5.63.